The fourth-order valence-electron chi connectivity index (χ4n) is 3.22. The van der Waals surface area contributed by atoms with E-state index in [0.717, 1.165) is 43.7 Å². The van der Waals surface area contributed by atoms with Crippen LogP contribution in [0.1, 0.15) is 43.7 Å². The van der Waals surface area contributed by atoms with Crippen LogP contribution in [-0.4, -0.2) is 37.0 Å². The van der Waals surface area contributed by atoms with Gasteiger partial charge in [0.2, 0.25) is 0 Å². The van der Waals surface area contributed by atoms with Crippen molar-refractivity contribution in [2.75, 3.05) is 26.2 Å². The third kappa shape index (κ3) is 5.13. The Kier molecular flexibility index (Phi) is 6.56. The van der Waals surface area contributed by atoms with E-state index in [4.69, 9.17) is 8.83 Å². The van der Waals surface area contributed by atoms with Gasteiger partial charge in [-0.2, -0.15) is 0 Å². The fourth-order valence-corrected chi connectivity index (χ4v) is 3.22. The number of piperidine rings is 1. The summed E-state index contributed by atoms with van der Waals surface area (Å²) in [6.07, 6.45) is 7.26. The van der Waals surface area contributed by atoms with Crippen molar-refractivity contribution in [3.05, 3.63) is 48.3 Å². The summed E-state index contributed by atoms with van der Waals surface area (Å²) in [4.78, 5) is 7.11. The summed E-state index contributed by atoms with van der Waals surface area (Å²) in [5.41, 5.74) is 0. The summed E-state index contributed by atoms with van der Waals surface area (Å²) in [5.74, 6) is 2.67. The number of furan rings is 2. The van der Waals surface area contributed by atoms with Crippen molar-refractivity contribution in [3.8, 4) is 0 Å². The van der Waals surface area contributed by atoms with E-state index in [2.05, 4.69) is 33.5 Å². The zero-order valence-electron chi connectivity index (χ0n) is 14.9. The van der Waals surface area contributed by atoms with Gasteiger partial charge in [0.1, 0.15) is 18.1 Å². The molecule has 2 aromatic heterocycles. The molecule has 0 saturated carbocycles. The van der Waals surface area contributed by atoms with Gasteiger partial charge in [-0.05, 0) is 57.1 Å². The highest BCUT2D eigenvalue weighted by molar-refractivity contribution is 5.79. The van der Waals surface area contributed by atoms with Crippen molar-refractivity contribution in [2.45, 2.75) is 38.8 Å². The molecule has 3 heterocycles. The van der Waals surface area contributed by atoms with Crippen LogP contribution in [0, 0.1) is 0 Å². The Morgan fingerprint density at radius 2 is 1.92 bits per heavy atom. The SMILES string of the molecule is CCNC(=NCc1ccco1)NCC(c1ccco1)N1CCCCC1. The highest BCUT2D eigenvalue weighted by Crippen LogP contribution is 2.24. The summed E-state index contributed by atoms with van der Waals surface area (Å²) in [6, 6.07) is 8.07. The quantitative estimate of drug-likeness (QED) is 0.597. The molecule has 6 heteroatoms. The van der Waals surface area contributed by atoms with Crippen LogP contribution in [0.25, 0.3) is 0 Å². The van der Waals surface area contributed by atoms with Crippen LogP contribution in [0.2, 0.25) is 0 Å². The molecule has 1 fully saturated rings. The topological polar surface area (TPSA) is 65.9 Å². The predicted molar refractivity (Wildman–Crippen MR) is 98.4 cm³/mol. The molecule has 0 aliphatic carbocycles. The second-order valence-corrected chi connectivity index (χ2v) is 6.28. The number of hydrogen-bond donors (Lipinski definition) is 2. The van der Waals surface area contributed by atoms with E-state index in [9.17, 15) is 0 Å². The molecule has 3 rings (SSSR count). The van der Waals surface area contributed by atoms with Gasteiger partial charge in [0.15, 0.2) is 5.96 Å². The number of hydrogen-bond acceptors (Lipinski definition) is 4. The first-order valence-corrected chi connectivity index (χ1v) is 9.19. The Morgan fingerprint density at radius 1 is 1.12 bits per heavy atom. The maximum atomic E-state index is 5.70. The number of aliphatic imine (C=N–C) groups is 1. The lowest BCUT2D eigenvalue weighted by atomic mass is 10.1. The Hall–Kier alpha value is -2.21. The van der Waals surface area contributed by atoms with Gasteiger partial charge in [-0.25, -0.2) is 4.99 Å². The van der Waals surface area contributed by atoms with E-state index >= 15 is 0 Å². The maximum Gasteiger partial charge on any atom is 0.191 e. The molecule has 2 aromatic rings. The minimum Gasteiger partial charge on any atom is -0.468 e. The Balaban J connectivity index is 1.64. The minimum absolute atomic E-state index is 0.225. The van der Waals surface area contributed by atoms with Gasteiger partial charge < -0.3 is 19.5 Å². The van der Waals surface area contributed by atoms with Gasteiger partial charge >= 0.3 is 0 Å². The summed E-state index contributed by atoms with van der Waals surface area (Å²) < 4.78 is 11.1. The Bertz CT molecular complexity index is 616. The molecule has 1 unspecified atom stereocenters. The predicted octanol–water partition coefficient (Wildman–Crippen LogP) is 3.15. The third-order valence-corrected chi connectivity index (χ3v) is 4.48. The van der Waals surface area contributed by atoms with Gasteiger partial charge in [0.05, 0.1) is 18.6 Å². The molecule has 1 saturated heterocycles. The fraction of sp³-hybridized carbons (Fsp3) is 0.526. The molecule has 136 valence electrons. The molecule has 0 bridgehead atoms. The van der Waals surface area contributed by atoms with Crippen molar-refractivity contribution in [1.29, 1.82) is 0 Å². The van der Waals surface area contributed by atoms with Crippen LogP contribution < -0.4 is 10.6 Å². The lowest BCUT2D eigenvalue weighted by molar-refractivity contribution is 0.146. The van der Waals surface area contributed by atoms with Crippen LogP contribution in [-0.2, 0) is 6.54 Å². The molecule has 6 nitrogen and oxygen atoms in total. The summed E-state index contributed by atoms with van der Waals surface area (Å²) in [6.45, 7) is 6.41. The molecule has 0 spiro atoms. The standard InChI is InChI=1S/C19H28N4O2/c1-2-20-19(21-14-16-8-6-12-24-16)22-15-17(18-9-7-13-25-18)23-10-4-3-5-11-23/h6-9,12-13,17H,2-5,10-11,14-15H2,1H3,(H2,20,21,22). The van der Waals surface area contributed by atoms with Crippen molar-refractivity contribution < 1.29 is 8.83 Å². The summed E-state index contributed by atoms with van der Waals surface area (Å²) >= 11 is 0. The molecule has 0 aromatic carbocycles. The molecule has 0 radical (unpaired) electrons. The van der Waals surface area contributed by atoms with Gasteiger partial charge in [-0.15, -0.1) is 0 Å². The van der Waals surface area contributed by atoms with Crippen molar-refractivity contribution >= 4 is 5.96 Å². The molecule has 2 N–H and O–H groups in total. The van der Waals surface area contributed by atoms with E-state index in [1.54, 1.807) is 12.5 Å². The smallest absolute Gasteiger partial charge is 0.191 e. The monoisotopic (exact) mass is 344 g/mol. The van der Waals surface area contributed by atoms with Gasteiger partial charge in [0, 0.05) is 13.1 Å². The lowest BCUT2D eigenvalue weighted by Crippen LogP contribution is -2.44. The number of nitrogens with zero attached hydrogens (tertiary/aromatic N) is 2. The van der Waals surface area contributed by atoms with Crippen LogP contribution in [0.3, 0.4) is 0 Å². The Morgan fingerprint density at radius 3 is 2.60 bits per heavy atom. The normalized spacial score (nSPS) is 17.4. The number of likely N-dealkylation sites (tertiary alicyclic amines) is 1. The minimum atomic E-state index is 0.225. The average Bonchev–Trinajstić information content (AvgIpc) is 3.35. The molecular formula is C19H28N4O2. The first-order chi connectivity index (χ1) is 12.4. The number of nitrogens with one attached hydrogen (secondary N) is 2. The number of rotatable bonds is 7. The zero-order chi connectivity index (χ0) is 17.3. The first-order valence-electron chi connectivity index (χ1n) is 9.19. The molecule has 1 atom stereocenters. The number of guanidine groups is 1. The van der Waals surface area contributed by atoms with Crippen molar-refractivity contribution in [3.63, 3.8) is 0 Å². The third-order valence-electron chi connectivity index (χ3n) is 4.48. The summed E-state index contributed by atoms with van der Waals surface area (Å²) in [5, 5.41) is 6.76. The molecule has 1 aliphatic heterocycles. The second kappa shape index (κ2) is 9.32. The van der Waals surface area contributed by atoms with Crippen molar-refractivity contribution in [2.24, 2.45) is 4.99 Å². The van der Waals surface area contributed by atoms with Gasteiger partial charge in [-0.3, -0.25) is 4.90 Å². The highest BCUT2D eigenvalue weighted by atomic mass is 16.3. The van der Waals surface area contributed by atoms with Crippen LogP contribution in [0.4, 0.5) is 0 Å². The molecule has 1 aliphatic rings. The highest BCUT2D eigenvalue weighted by Gasteiger charge is 2.24. The largest absolute Gasteiger partial charge is 0.468 e. The van der Waals surface area contributed by atoms with Crippen LogP contribution in [0.15, 0.2) is 50.6 Å². The van der Waals surface area contributed by atoms with E-state index in [0.29, 0.717) is 6.54 Å². The van der Waals surface area contributed by atoms with Gasteiger partial charge in [-0.1, -0.05) is 6.42 Å². The van der Waals surface area contributed by atoms with E-state index in [1.165, 1.54) is 19.3 Å². The van der Waals surface area contributed by atoms with E-state index < -0.39 is 0 Å². The summed E-state index contributed by atoms with van der Waals surface area (Å²) in [7, 11) is 0. The Labute approximate surface area is 149 Å². The molecule has 0 amide bonds. The van der Waals surface area contributed by atoms with E-state index in [-0.39, 0.29) is 6.04 Å². The second-order valence-electron chi connectivity index (χ2n) is 6.28. The first kappa shape index (κ1) is 17.6. The molecule has 25 heavy (non-hydrogen) atoms. The van der Waals surface area contributed by atoms with Crippen LogP contribution in [0.5, 0.6) is 0 Å². The van der Waals surface area contributed by atoms with Crippen LogP contribution >= 0.6 is 0 Å². The van der Waals surface area contributed by atoms with Gasteiger partial charge in [0.25, 0.3) is 0 Å². The van der Waals surface area contributed by atoms with E-state index in [1.807, 2.05) is 18.2 Å². The lowest BCUT2D eigenvalue weighted by Gasteiger charge is -2.33. The van der Waals surface area contributed by atoms with Crippen molar-refractivity contribution in [1.82, 2.24) is 15.5 Å². The zero-order valence-corrected chi connectivity index (χ0v) is 14.9. The molecular weight excluding hydrogens is 316 g/mol. The average molecular weight is 344 g/mol. The maximum absolute atomic E-state index is 5.70.